The van der Waals surface area contributed by atoms with Crippen LogP contribution in [-0.2, 0) is 32.0 Å². The molecule has 4 N–H and O–H groups in total. The first-order valence-electron chi connectivity index (χ1n) is 13.6. The number of esters is 1. The Labute approximate surface area is 235 Å². The Morgan fingerprint density at radius 1 is 0.950 bits per heavy atom. The number of H-pyrrole nitrogens is 1. The molecule has 0 aliphatic carbocycles. The Morgan fingerprint density at radius 3 is 2.42 bits per heavy atom. The van der Waals surface area contributed by atoms with Gasteiger partial charge in [0.1, 0.15) is 6.61 Å². The summed E-state index contributed by atoms with van der Waals surface area (Å²) in [6, 6.07) is 16.5. The van der Waals surface area contributed by atoms with Crippen LogP contribution in [0.2, 0.25) is 0 Å². The molecule has 0 spiro atoms. The molecule has 8 heteroatoms. The van der Waals surface area contributed by atoms with Gasteiger partial charge in [-0.2, -0.15) is 0 Å². The molecular formula is C32H39N3O5. The van der Waals surface area contributed by atoms with Crippen LogP contribution in [0.4, 0.5) is 0 Å². The summed E-state index contributed by atoms with van der Waals surface area (Å²) in [6.07, 6.45) is 7.00. The smallest absolute Gasteiger partial charge is 0.306 e. The van der Waals surface area contributed by atoms with Crippen molar-refractivity contribution in [3.8, 4) is 0 Å². The number of carbonyl (C=O) groups is 3. The molecule has 1 heterocycles. The van der Waals surface area contributed by atoms with Crippen LogP contribution in [0, 0.1) is 5.92 Å². The van der Waals surface area contributed by atoms with E-state index in [1.807, 2.05) is 60.8 Å². The monoisotopic (exact) mass is 545 g/mol. The maximum Gasteiger partial charge on any atom is 0.306 e. The van der Waals surface area contributed by atoms with Crippen molar-refractivity contribution >= 4 is 28.7 Å². The number of para-hydroxylation sites is 1. The molecular weight excluding hydrogens is 506 g/mol. The molecule has 8 nitrogen and oxygen atoms in total. The zero-order chi connectivity index (χ0) is 28.7. The number of fused-ring (bicyclic) bond motifs is 1. The molecule has 0 fully saturated rings. The summed E-state index contributed by atoms with van der Waals surface area (Å²) in [5.41, 5.74) is 2.94. The van der Waals surface area contributed by atoms with Gasteiger partial charge in [-0.15, -0.1) is 13.2 Å². The number of aliphatic hydroxyl groups is 1. The van der Waals surface area contributed by atoms with Gasteiger partial charge < -0.3 is 25.5 Å². The second kappa shape index (κ2) is 16.1. The van der Waals surface area contributed by atoms with Crippen molar-refractivity contribution in [2.45, 2.75) is 50.6 Å². The van der Waals surface area contributed by atoms with Crippen molar-refractivity contribution in [1.82, 2.24) is 15.6 Å². The fraction of sp³-hybridized carbons (Fsp3) is 0.344. The first-order valence-corrected chi connectivity index (χ1v) is 13.6. The molecule has 40 heavy (non-hydrogen) atoms. The summed E-state index contributed by atoms with van der Waals surface area (Å²) in [5, 5.41) is 16.7. The van der Waals surface area contributed by atoms with Gasteiger partial charge in [-0.3, -0.25) is 14.4 Å². The number of hydrogen-bond donors (Lipinski definition) is 4. The van der Waals surface area contributed by atoms with Crippen molar-refractivity contribution in [2.24, 2.45) is 5.92 Å². The first-order chi connectivity index (χ1) is 19.4. The van der Waals surface area contributed by atoms with Crippen molar-refractivity contribution in [3.05, 3.63) is 97.2 Å². The normalized spacial score (nSPS) is 13.1. The lowest BCUT2D eigenvalue weighted by Gasteiger charge is -2.23. The third kappa shape index (κ3) is 9.54. The molecule has 3 rings (SSSR count). The number of aliphatic hydroxyl groups excluding tert-OH is 1. The number of aromatic nitrogens is 1. The second-order valence-electron chi connectivity index (χ2n) is 9.84. The maximum absolute atomic E-state index is 13.4. The molecule has 0 radical (unpaired) electrons. The van der Waals surface area contributed by atoms with Gasteiger partial charge >= 0.3 is 5.97 Å². The molecule has 3 aromatic rings. The van der Waals surface area contributed by atoms with Crippen molar-refractivity contribution in [3.63, 3.8) is 0 Å². The summed E-state index contributed by atoms with van der Waals surface area (Å²) in [6.45, 7) is 7.16. The van der Waals surface area contributed by atoms with Gasteiger partial charge in [0.15, 0.2) is 0 Å². The largest absolute Gasteiger partial charge is 0.463 e. The summed E-state index contributed by atoms with van der Waals surface area (Å²) >= 11 is 0. The fourth-order valence-corrected chi connectivity index (χ4v) is 4.58. The quantitative estimate of drug-likeness (QED) is 0.151. The lowest BCUT2D eigenvalue weighted by atomic mass is 9.97. The van der Waals surface area contributed by atoms with E-state index >= 15 is 0 Å². The fourth-order valence-electron chi connectivity index (χ4n) is 4.58. The summed E-state index contributed by atoms with van der Waals surface area (Å²) in [5.74, 6) is -1.70. The number of benzene rings is 2. The number of aromatic amines is 1. The lowest BCUT2D eigenvalue weighted by molar-refractivity contribution is -0.145. The Balaban J connectivity index is 1.66. The summed E-state index contributed by atoms with van der Waals surface area (Å²) in [7, 11) is 0. The average Bonchev–Trinajstić information content (AvgIpc) is 3.37. The molecule has 3 atom stereocenters. The van der Waals surface area contributed by atoms with Gasteiger partial charge in [-0.1, -0.05) is 60.7 Å². The number of allylic oxidation sites excluding steroid dienone is 2. The van der Waals surface area contributed by atoms with Gasteiger partial charge in [0, 0.05) is 29.9 Å². The number of hydrogen-bond acceptors (Lipinski definition) is 5. The zero-order valence-corrected chi connectivity index (χ0v) is 22.8. The standard InChI is InChI=1S/C32H39N3O5/c1-3-5-16-31(38)40-22-27(18-25-20-33-29-15-10-9-14-28(25)29)35-32(39)24(11-4-2)19-30(37)34-26(21-36)17-23-12-7-6-8-13-23/h3-4,6-10,12-15,20,24,26-27,33,36H,1-2,5,11,16-19,21-22H2,(H,34,37)(H,35,39). The van der Waals surface area contributed by atoms with Crippen LogP contribution in [0.1, 0.15) is 36.8 Å². The molecule has 2 aromatic carbocycles. The molecule has 0 saturated carbocycles. The van der Waals surface area contributed by atoms with Crippen LogP contribution in [0.15, 0.2) is 86.1 Å². The first kappa shape index (κ1) is 30.4. The van der Waals surface area contributed by atoms with Crippen LogP contribution in [0.3, 0.4) is 0 Å². The van der Waals surface area contributed by atoms with E-state index in [9.17, 15) is 19.5 Å². The van der Waals surface area contributed by atoms with Gasteiger partial charge in [0.05, 0.1) is 24.6 Å². The van der Waals surface area contributed by atoms with E-state index in [1.54, 1.807) is 12.2 Å². The van der Waals surface area contributed by atoms with Crippen LogP contribution < -0.4 is 10.6 Å². The van der Waals surface area contributed by atoms with Crippen molar-refractivity contribution < 1.29 is 24.2 Å². The van der Waals surface area contributed by atoms with Crippen molar-refractivity contribution in [2.75, 3.05) is 13.2 Å². The van der Waals surface area contributed by atoms with Gasteiger partial charge in [-0.25, -0.2) is 0 Å². The van der Waals surface area contributed by atoms with Gasteiger partial charge in [0.2, 0.25) is 11.8 Å². The number of rotatable bonds is 17. The third-order valence-corrected chi connectivity index (χ3v) is 6.65. The minimum Gasteiger partial charge on any atom is -0.463 e. The molecule has 1 aromatic heterocycles. The Kier molecular flexibility index (Phi) is 12.2. The van der Waals surface area contributed by atoms with E-state index in [-0.39, 0.29) is 43.8 Å². The highest BCUT2D eigenvalue weighted by molar-refractivity contribution is 5.86. The summed E-state index contributed by atoms with van der Waals surface area (Å²) in [4.78, 5) is 41.7. The van der Waals surface area contributed by atoms with Crippen LogP contribution >= 0.6 is 0 Å². The third-order valence-electron chi connectivity index (χ3n) is 6.65. The van der Waals surface area contributed by atoms with E-state index < -0.39 is 18.0 Å². The van der Waals surface area contributed by atoms with E-state index in [4.69, 9.17) is 4.74 Å². The molecule has 0 aliphatic heterocycles. The zero-order valence-electron chi connectivity index (χ0n) is 22.8. The topological polar surface area (TPSA) is 121 Å². The minimum atomic E-state index is -0.671. The molecule has 0 saturated heterocycles. The van der Waals surface area contributed by atoms with E-state index in [2.05, 4.69) is 28.8 Å². The van der Waals surface area contributed by atoms with Crippen LogP contribution in [0.25, 0.3) is 10.9 Å². The van der Waals surface area contributed by atoms with Crippen LogP contribution in [0.5, 0.6) is 0 Å². The lowest BCUT2D eigenvalue weighted by Crippen LogP contribution is -2.45. The summed E-state index contributed by atoms with van der Waals surface area (Å²) < 4.78 is 5.47. The highest BCUT2D eigenvalue weighted by Crippen LogP contribution is 2.20. The molecule has 3 unspecified atom stereocenters. The van der Waals surface area contributed by atoms with E-state index in [0.29, 0.717) is 25.7 Å². The molecule has 2 amide bonds. The second-order valence-corrected chi connectivity index (χ2v) is 9.84. The Bertz CT molecular complexity index is 1270. The van der Waals surface area contributed by atoms with E-state index in [1.165, 1.54) is 0 Å². The predicted octanol–water partition coefficient (Wildman–Crippen LogP) is 4.01. The Hall–Kier alpha value is -4.17. The minimum absolute atomic E-state index is 0.00209. The SMILES string of the molecule is C=CCCC(=O)OCC(Cc1c[nH]c2ccccc12)NC(=O)C(CC=C)CC(=O)NC(CO)Cc1ccccc1. The number of nitrogens with one attached hydrogen (secondary N) is 3. The number of carbonyl (C=O) groups excluding carboxylic acids is 3. The van der Waals surface area contributed by atoms with Crippen LogP contribution in [-0.4, -0.2) is 53.2 Å². The van der Waals surface area contributed by atoms with Gasteiger partial charge in [0.25, 0.3) is 0 Å². The highest BCUT2D eigenvalue weighted by Gasteiger charge is 2.26. The average molecular weight is 546 g/mol. The van der Waals surface area contributed by atoms with Crippen molar-refractivity contribution in [1.29, 1.82) is 0 Å². The predicted molar refractivity (Wildman–Crippen MR) is 156 cm³/mol. The molecule has 0 bridgehead atoms. The molecule has 212 valence electrons. The highest BCUT2D eigenvalue weighted by atomic mass is 16.5. The maximum atomic E-state index is 13.4. The number of amides is 2. The number of ether oxygens (including phenoxy) is 1. The van der Waals surface area contributed by atoms with Gasteiger partial charge in [-0.05, 0) is 42.9 Å². The molecule has 0 aliphatic rings. The van der Waals surface area contributed by atoms with E-state index in [0.717, 1.165) is 22.0 Å². The Morgan fingerprint density at radius 2 is 1.70 bits per heavy atom.